The molecule has 0 spiro atoms. The first-order valence-electron chi connectivity index (χ1n) is 6.29. The molecule has 0 aliphatic heterocycles. The van der Waals surface area contributed by atoms with Crippen molar-refractivity contribution in [2.24, 2.45) is 11.7 Å². The average molecular weight is 235 g/mol. The van der Waals surface area contributed by atoms with Crippen molar-refractivity contribution < 1.29 is 9.84 Å². The average Bonchev–Trinajstić information content (AvgIpc) is 2.39. The van der Waals surface area contributed by atoms with Crippen molar-refractivity contribution in [3.8, 4) is 5.75 Å². The lowest BCUT2D eigenvalue weighted by Gasteiger charge is -2.30. The summed E-state index contributed by atoms with van der Waals surface area (Å²) in [5.74, 6) is 1.32. The maximum atomic E-state index is 9.51. The lowest BCUT2D eigenvalue weighted by Crippen LogP contribution is -2.28. The standard InChI is InChI=1S/C14H21NO2/c1-17-13-5-3-2-4-12(13)14(15)10-6-8-11(16)9-7-10/h2-5,10-11,14,16H,6-9,15H2,1H3. The van der Waals surface area contributed by atoms with Gasteiger partial charge in [0.15, 0.2) is 0 Å². The number of hydrogen-bond acceptors (Lipinski definition) is 3. The number of nitrogens with two attached hydrogens (primary N) is 1. The fourth-order valence-corrected chi connectivity index (χ4v) is 2.66. The Morgan fingerprint density at radius 3 is 2.53 bits per heavy atom. The predicted molar refractivity (Wildman–Crippen MR) is 67.9 cm³/mol. The molecule has 1 saturated carbocycles. The zero-order chi connectivity index (χ0) is 12.3. The Hall–Kier alpha value is -1.06. The van der Waals surface area contributed by atoms with Gasteiger partial charge in [0.1, 0.15) is 5.75 Å². The predicted octanol–water partition coefficient (Wildman–Crippen LogP) is 2.25. The van der Waals surface area contributed by atoms with Crippen LogP contribution in [0.1, 0.15) is 37.3 Å². The van der Waals surface area contributed by atoms with Crippen molar-refractivity contribution in [1.82, 2.24) is 0 Å². The molecule has 3 heteroatoms. The van der Waals surface area contributed by atoms with E-state index in [0.717, 1.165) is 37.0 Å². The SMILES string of the molecule is COc1ccccc1C(N)C1CCC(O)CC1. The summed E-state index contributed by atoms with van der Waals surface area (Å²) in [4.78, 5) is 0. The summed E-state index contributed by atoms with van der Waals surface area (Å²) in [5, 5.41) is 9.51. The van der Waals surface area contributed by atoms with E-state index in [1.54, 1.807) is 7.11 Å². The molecule has 1 fully saturated rings. The highest BCUT2D eigenvalue weighted by molar-refractivity contribution is 5.36. The highest BCUT2D eigenvalue weighted by atomic mass is 16.5. The van der Waals surface area contributed by atoms with Crippen molar-refractivity contribution >= 4 is 0 Å². The molecule has 0 amide bonds. The number of hydrogen-bond donors (Lipinski definition) is 2. The number of aliphatic hydroxyl groups excluding tert-OH is 1. The summed E-state index contributed by atoms with van der Waals surface area (Å²) < 4.78 is 5.35. The Morgan fingerprint density at radius 1 is 1.24 bits per heavy atom. The molecule has 2 rings (SSSR count). The summed E-state index contributed by atoms with van der Waals surface area (Å²) in [6.45, 7) is 0. The normalized spacial score (nSPS) is 26.5. The molecule has 1 aromatic rings. The van der Waals surface area contributed by atoms with E-state index in [0.29, 0.717) is 5.92 Å². The van der Waals surface area contributed by atoms with Gasteiger partial charge in [0, 0.05) is 11.6 Å². The summed E-state index contributed by atoms with van der Waals surface area (Å²) in [6, 6.07) is 7.95. The Bertz CT molecular complexity index is 359. The highest BCUT2D eigenvalue weighted by Crippen LogP contribution is 2.36. The topological polar surface area (TPSA) is 55.5 Å². The number of aliphatic hydroxyl groups is 1. The van der Waals surface area contributed by atoms with Gasteiger partial charge in [-0.05, 0) is 37.7 Å². The van der Waals surface area contributed by atoms with Gasteiger partial charge in [-0.3, -0.25) is 0 Å². The second-order valence-corrected chi connectivity index (χ2v) is 4.84. The third kappa shape index (κ3) is 2.79. The number of methoxy groups -OCH3 is 1. The van der Waals surface area contributed by atoms with Gasteiger partial charge >= 0.3 is 0 Å². The summed E-state index contributed by atoms with van der Waals surface area (Å²) >= 11 is 0. The highest BCUT2D eigenvalue weighted by Gasteiger charge is 2.26. The Morgan fingerprint density at radius 2 is 1.88 bits per heavy atom. The van der Waals surface area contributed by atoms with E-state index >= 15 is 0 Å². The third-order valence-electron chi connectivity index (χ3n) is 3.75. The fraction of sp³-hybridized carbons (Fsp3) is 0.571. The first-order chi connectivity index (χ1) is 8.22. The van der Waals surface area contributed by atoms with Gasteiger partial charge in [-0.2, -0.15) is 0 Å². The van der Waals surface area contributed by atoms with Crippen LogP contribution in [0.4, 0.5) is 0 Å². The minimum absolute atomic E-state index is 0.0126. The van der Waals surface area contributed by atoms with Crippen LogP contribution in [0, 0.1) is 5.92 Å². The van der Waals surface area contributed by atoms with Crippen LogP contribution in [0.3, 0.4) is 0 Å². The number of rotatable bonds is 3. The smallest absolute Gasteiger partial charge is 0.123 e. The minimum atomic E-state index is -0.129. The molecule has 3 nitrogen and oxygen atoms in total. The quantitative estimate of drug-likeness (QED) is 0.844. The summed E-state index contributed by atoms with van der Waals surface area (Å²) in [5.41, 5.74) is 7.41. The fourth-order valence-electron chi connectivity index (χ4n) is 2.66. The van der Waals surface area contributed by atoms with E-state index in [1.165, 1.54) is 0 Å². The molecule has 0 heterocycles. The molecule has 1 aliphatic carbocycles. The van der Waals surface area contributed by atoms with E-state index in [-0.39, 0.29) is 12.1 Å². The Labute approximate surface area is 103 Å². The van der Waals surface area contributed by atoms with Crippen LogP contribution in [-0.2, 0) is 0 Å². The molecule has 0 saturated heterocycles. The molecule has 1 unspecified atom stereocenters. The van der Waals surface area contributed by atoms with E-state index in [4.69, 9.17) is 10.5 Å². The zero-order valence-corrected chi connectivity index (χ0v) is 10.3. The van der Waals surface area contributed by atoms with Crippen LogP contribution in [0.25, 0.3) is 0 Å². The lowest BCUT2D eigenvalue weighted by molar-refractivity contribution is 0.101. The van der Waals surface area contributed by atoms with E-state index < -0.39 is 0 Å². The molecule has 1 atom stereocenters. The van der Waals surface area contributed by atoms with Crippen molar-refractivity contribution in [3.63, 3.8) is 0 Å². The number of ether oxygens (including phenoxy) is 1. The van der Waals surface area contributed by atoms with E-state index in [2.05, 4.69) is 0 Å². The van der Waals surface area contributed by atoms with Crippen molar-refractivity contribution in [3.05, 3.63) is 29.8 Å². The molecule has 17 heavy (non-hydrogen) atoms. The van der Waals surface area contributed by atoms with Gasteiger partial charge in [-0.1, -0.05) is 18.2 Å². The van der Waals surface area contributed by atoms with E-state index in [9.17, 15) is 5.11 Å². The third-order valence-corrected chi connectivity index (χ3v) is 3.75. The van der Waals surface area contributed by atoms with Gasteiger partial charge in [0.2, 0.25) is 0 Å². The monoisotopic (exact) mass is 235 g/mol. The zero-order valence-electron chi connectivity index (χ0n) is 10.3. The largest absolute Gasteiger partial charge is 0.496 e. The van der Waals surface area contributed by atoms with Gasteiger partial charge in [-0.15, -0.1) is 0 Å². The molecular weight excluding hydrogens is 214 g/mol. The van der Waals surface area contributed by atoms with E-state index in [1.807, 2.05) is 24.3 Å². The van der Waals surface area contributed by atoms with Crippen molar-refractivity contribution in [2.45, 2.75) is 37.8 Å². The minimum Gasteiger partial charge on any atom is -0.496 e. The van der Waals surface area contributed by atoms with Gasteiger partial charge in [0.05, 0.1) is 13.2 Å². The summed E-state index contributed by atoms with van der Waals surface area (Å²) in [7, 11) is 1.68. The van der Waals surface area contributed by atoms with Crippen molar-refractivity contribution in [1.29, 1.82) is 0 Å². The molecule has 1 aromatic carbocycles. The molecule has 1 aliphatic rings. The first-order valence-corrected chi connectivity index (χ1v) is 6.29. The van der Waals surface area contributed by atoms with Crippen LogP contribution < -0.4 is 10.5 Å². The second-order valence-electron chi connectivity index (χ2n) is 4.84. The Kier molecular flexibility index (Phi) is 4.02. The van der Waals surface area contributed by atoms with Gasteiger partial charge in [0.25, 0.3) is 0 Å². The maximum absolute atomic E-state index is 9.51. The van der Waals surface area contributed by atoms with Gasteiger partial charge in [-0.25, -0.2) is 0 Å². The Balaban J connectivity index is 2.10. The van der Waals surface area contributed by atoms with Gasteiger partial charge < -0.3 is 15.6 Å². The van der Waals surface area contributed by atoms with Crippen molar-refractivity contribution in [2.75, 3.05) is 7.11 Å². The van der Waals surface area contributed by atoms with Crippen LogP contribution in [-0.4, -0.2) is 18.3 Å². The molecule has 0 bridgehead atoms. The number of benzene rings is 1. The molecule has 3 N–H and O–H groups in total. The van der Waals surface area contributed by atoms with Crippen LogP contribution >= 0.6 is 0 Å². The second kappa shape index (κ2) is 5.52. The molecule has 0 radical (unpaired) electrons. The number of para-hydroxylation sites is 1. The molecule has 0 aromatic heterocycles. The molecule has 94 valence electrons. The summed E-state index contributed by atoms with van der Waals surface area (Å²) in [6.07, 6.45) is 3.61. The maximum Gasteiger partial charge on any atom is 0.123 e. The molecular formula is C14H21NO2. The lowest BCUT2D eigenvalue weighted by atomic mass is 9.80. The van der Waals surface area contributed by atoms with Crippen LogP contribution in [0.5, 0.6) is 5.75 Å². The first kappa shape index (κ1) is 12.4. The van der Waals surface area contributed by atoms with Crippen LogP contribution in [0.15, 0.2) is 24.3 Å². The van der Waals surface area contributed by atoms with Crippen LogP contribution in [0.2, 0.25) is 0 Å².